The minimum Gasteiger partial charge on any atom is -0.484 e. The molecule has 1 aromatic carbocycles. The summed E-state index contributed by atoms with van der Waals surface area (Å²) in [7, 11) is -3.26. The van der Waals surface area contributed by atoms with E-state index in [1.165, 1.54) is 17.5 Å². The van der Waals surface area contributed by atoms with Crippen molar-refractivity contribution in [2.24, 2.45) is 0 Å². The fourth-order valence-corrected chi connectivity index (χ4v) is 3.66. The first-order valence-corrected chi connectivity index (χ1v) is 8.85. The van der Waals surface area contributed by atoms with E-state index in [4.69, 9.17) is 0 Å². The van der Waals surface area contributed by atoms with E-state index in [2.05, 4.69) is 4.74 Å². The van der Waals surface area contributed by atoms with Gasteiger partial charge in [0.05, 0.1) is 16.9 Å². The molecule has 0 aromatic heterocycles. The number of sulfone groups is 1. The van der Waals surface area contributed by atoms with Gasteiger partial charge >= 0.3 is 6.18 Å². The lowest BCUT2D eigenvalue weighted by molar-refractivity contribution is -0.153. The van der Waals surface area contributed by atoms with Crippen LogP contribution in [0.5, 0.6) is 5.75 Å². The van der Waals surface area contributed by atoms with Crippen molar-refractivity contribution in [2.45, 2.75) is 6.18 Å². The summed E-state index contributed by atoms with van der Waals surface area (Å²) in [6.45, 7) is -0.982. The number of hydrogen-bond acceptors (Lipinski definition) is 4. The summed E-state index contributed by atoms with van der Waals surface area (Å²) in [6.07, 6.45) is 0.982. The first-order chi connectivity index (χ1) is 11.2. The fourth-order valence-electron chi connectivity index (χ4n) is 2.48. The van der Waals surface area contributed by atoms with Gasteiger partial charge in [-0.15, -0.1) is 0 Å². The Balaban J connectivity index is 1.84. The molecule has 8 heteroatoms. The van der Waals surface area contributed by atoms with Crippen molar-refractivity contribution in [1.29, 1.82) is 0 Å². The maximum absolute atomic E-state index is 12.2. The number of allylic oxidation sites excluding steroid dienone is 3. The van der Waals surface area contributed by atoms with Crippen molar-refractivity contribution in [2.75, 3.05) is 18.9 Å². The maximum atomic E-state index is 12.2. The molecule has 3 rings (SSSR count). The van der Waals surface area contributed by atoms with Crippen LogP contribution in [0.25, 0.3) is 5.57 Å². The number of alkyl halides is 3. The molecule has 2 aliphatic heterocycles. The van der Waals surface area contributed by atoms with Crippen LogP contribution in [0.1, 0.15) is 5.56 Å². The molecule has 4 nitrogen and oxygen atoms in total. The van der Waals surface area contributed by atoms with Gasteiger partial charge in [-0.25, -0.2) is 8.42 Å². The number of fused-ring (bicyclic) bond motifs is 1. The van der Waals surface area contributed by atoms with Crippen LogP contribution in [0.2, 0.25) is 0 Å². The molecule has 0 radical (unpaired) electrons. The average Bonchev–Trinajstić information content (AvgIpc) is 2.51. The van der Waals surface area contributed by atoms with Crippen molar-refractivity contribution >= 4 is 15.4 Å². The summed E-state index contributed by atoms with van der Waals surface area (Å²) in [4.78, 5) is 1.84. The van der Waals surface area contributed by atoms with Crippen molar-refractivity contribution in [3.63, 3.8) is 0 Å². The lowest BCUT2D eigenvalue weighted by Gasteiger charge is -2.31. The molecule has 0 spiro atoms. The Labute approximate surface area is 137 Å². The highest BCUT2D eigenvalue weighted by atomic mass is 32.2. The topological polar surface area (TPSA) is 46.6 Å². The highest BCUT2D eigenvalue weighted by molar-refractivity contribution is 7.94. The standard InChI is InChI=1S/C16H14F3NO3S/c17-16(18,19)11-23-13-5-3-12(4-6-13)14-2-1-7-20-8-9-24(21,22)10-15(14)20/h1-7,10H,8-9,11H2. The zero-order chi connectivity index (χ0) is 17.4. The summed E-state index contributed by atoms with van der Waals surface area (Å²) >= 11 is 0. The monoisotopic (exact) mass is 357 g/mol. The molecule has 1 aromatic rings. The van der Waals surface area contributed by atoms with Crippen LogP contribution >= 0.6 is 0 Å². The second kappa shape index (κ2) is 6.01. The van der Waals surface area contributed by atoms with Gasteiger partial charge in [0.15, 0.2) is 16.4 Å². The van der Waals surface area contributed by atoms with Gasteiger partial charge in [-0.05, 0) is 23.8 Å². The summed E-state index contributed by atoms with van der Waals surface area (Å²) in [6, 6.07) is 6.08. The predicted molar refractivity (Wildman–Crippen MR) is 83.7 cm³/mol. The molecule has 0 unspecified atom stereocenters. The first kappa shape index (κ1) is 16.6. The van der Waals surface area contributed by atoms with Gasteiger partial charge in [0.2, 0.25) is 0 Å². The summed E-state index contributed by atoms with van der Waals surface area (Å²) in [5, 5.41) is 1.24. The molecular formula is C16H14F3NO3S. The van der Waals surface area contributed by atoms with Crippen LogP contribution in [0.3, 0.4) is 0 Å². The molecule has 2 aliphatic rings. The largest absolute Gasteiger partial charge is 0.484 e. The van der Waals surface area contributed by atoms with E-state index in [0.717, 1.165) is 0 Å². The molecule has 0 saturated carbocycles. The van der Waals surface area contributed by atoms with E-state index in [1.807, 2.05) is 4.90 Å². The number of nitrogens with zero attached hydrogens (tertiary/aromatic N) is 1. The number of hydrogen-bond donors (Lipinski definition) is 0. The Morgan fingerprint density at radius 1 is 1.17 bits per heavy atom. The molecule has 0 fully saturated rings. The van der Waals surface area contributed by atoms with E-state index < -0.39 is 22.6 Å². The number of benzene rings is 1. The van der Waals surface area contributed by atoms with Crippen LogP contribution < -0.4 is 4.74 Å². The molecule has 0 saturated heterocycles. The quantitative estimate of drug-likeness (QED) is 0.834. The van der Waals surface area contributed by atoms with Gasteiger partial charge in [0, 0.05) is 18.3 Å². The summed E-state index contributed by atoms with van der Waals surface area (Å²) in [5.74, 6) is 0.156. The highest BCUT2D eigenvalue weighted by Gasteiger charge is 2.28. The minimum absolute atomic E-state index is 0.0539. The molecular weight excluding hydrogens is 343 g/mol. The van der Waals surface area contributed by atoms with Crippen LogP contribution in [0.4, 0.5) is 13.2 Å². The van der Waals surface area contributed by atoms with E-state index >= 15 is 0 Å². The van der Waals surface area contributed by atoms with Crippen LogP contribution in [0.15, 0.2) is 53.7 Å². The third kappa shape index (κ3) is 3.81. The smallest absolute Gasteiger partial charge is 0.422 e. The Hall–Kier alpha value is -2.22. The zero-order valence-corrected chi connectivity index (χ0v) is 13.3. The average molecular weight is 357 g/mol. The maximum Gasteiger partial charge on any atom is 0.422 e. The van der Waals surface area contributed by atoms with Gasteiger partial charge in [-0.2, -0.15) is 13.2 Å². The molecule has 128 valence electrons. The van der Waals surface area contributed by atoms with Gasteiger partial charge in [0.1, 0.15) is 5.75 Å². The summed E-state index contributed by atoms with van der Waals surface area (Å²) in [5.41, 5.74) is 1.96. The molecule has 0 bridgehead atoms. The van der Waals surface area contributed by atoms with Crippen LogP contribution in [0, 0.1) is 0 Å². The Kier molecular flexibility index (Phi) is 4.16. The Morgan fingerprint density at radius 3 is 2.54 bits per heavy atom. The van der Waals surface area contributed by atoms with Gasteiger partial charge < -0.3 is 9.64 Å². The SMILES string of the molecule is O=S1(=O)C=C2C(c3ccc(OCC(F)(F)F)cc3)=CC=CN2CC1. The van der Waals surface area contributed by atoms with Crippen LogP contribution in [-0.4, -0.2) is 38.4 Å². The third-order valence-electron chi connectivity index (χ3n) is 3.59. The van der Waals surface area contributed by atoms with E-state index in [1.54, 1.807) is 30.5 Å². The van der Waals surface area contributed by atoms with E-state index in [0.29, 0.717) is 23.4 Å². The van der Waals surface area contributed by atoms with E-state index in [-0.39, 0.29) is 11.5 Å². The van der Waals surface area contributed by atoms with Crippen molar-refractivity contribution in [1.82, 2.24) is 4.90 Å². The fraction of sp³-hybridized carbons (Fsp3) is 0.250. The first-order valence-electron chi connectivity index (χ1n) is 7.13. The molecule has 24 heavy (non-hydrogen) atoms. The van der Waals surface area contributed by atoms with Crippen molar-refractivity contribution in [3.05, 3.63) is 59.3 Å². The highest BCUT2D eigenvalue weighted by Crippen LogP contribution is 2.33. The minimum atomic E-state index is -4.39. The molecule has 0 amide bonds. The van der Waals surface area contributed by atoms with E-state index in [9.17, 15) is 21.6 Å². The van der Waals surface area contributed by atoms with Gasteiger partial charge in [-0.3, -0.25) is 0 Å². The van der Waals surface area contributed by atoms with Crippen molar-refractivity contribution < 1.29 is 26.3 Å². The molecule has 0 N–H and O–H groups in total. The van der Waals surface area contributed by atoms with Crippen molar-refractivity contribution in [3.8, 4) is 5.75 Å². The molecule has 0 atom stereocenters. The van der Waals surface area contributed by atoms with Gasteiger partial charge in [-0.1, -0.05) is 18.2 Å². The zero-order valence-electron chi connectivity index (χ0n) is 12.5. The Morgan fingerprint density at radius 2 is 1.88 bits per heavy atom. The third-order valence-corrected chi connectivity index (χ3v) is 4.92. The summed E-state index contributed by atoms with van der Waals surface area (Å²) < 4.78 is 64.8. The lowest BCUT2D eigenvalue weighted by Crippen LogP contribution is -2.30. The Bertz CT molecular complexity index is 821. The molecule has 2 heterocycles. The second-order valence-electron chi connectivity index (χ2n) is 5.41. The predicted octanol–water partition coefficient (Wildman–Crippen LogP) is 3.11. The molecule has 0 aliphatic carbocycles. The number of halogens is 3. The number of rotatable bonds is 3. The number of ether oxygens (including phenoxy) is 1. The van der Waals surface area contributed by atoms with Crippen LogP contribution in [-0.2, 0) is 9.84 Å². The second-order valence-corrected chi connectivity index (χ2v) is 7.38. The lowest BCUT2D eigenvalue weighted by atomic mass is 10.00. The normalized spacial score (nSPS) is 19.4. The van der Waals surface area contributed by atoms with Gasteiger partial charge in [0.25, 0.3) is 0 Å².